The summed E-state index contributed by atoms with van der Waals surface area (Å²) in [5, 5.41) is 0. The summed E-state index contributed by atoms with van der Waals surface area (Å²) in [4.78, 5) is 21.2. The third kappa shape index (κ3) is 12.9. The Morgan fingerprint density at radius 3 is 1.54 bits per heavy atom. The van der Waals surface area contributed by atoms with Gasteiger partial charge in [0.25, 0.3) is 0 Å². The van der Waals surface area contributed by atoms with E-state index in [9.17, 15) is 9.59 Å². The van der Waals surface area contributed by atoms with Crippen LogP contribution in [-0.4, -0.2) is 25.2 Å². The van der Waals surface area contributed by atoms with Crippen LogP contribution in [-0.2, 0) is 32.6 Å². The number of hydrogen-bond donors (Lipinski definition) is 0. The second kappa shape index (κ2) is 12.9. The van der Waals surface area contributed by atoms with Crippen molar-refractivity contribution in [2.45, 2.75) is 20.3 Å². The van der Waals surface area contributed by atoms with Gasteiger partial charge in [0.1, 0.15) is 6.42 Å². The zero-order chi connectivity index (χ0) is 8.69. The summed E-state index contributed by atoms with van der Waals surface area (Å²) >= 11 is 0. The normalized spacial score (nSPS) is 7.54. The second-order valence-corrected chi connectivity index (χ2v) is 1.79. The van der Waals surface area contributed by atoms with Crippen LogP contribution in [0.4, 0.5) is 0 Å². The van der Waals surface area contributed by atoms with Crippen molar-refractivity contribution in [3.05, 3.63) is 0 Å². The van der Waals surface area contributed by atoms with E-state index in [1.807, 2.05) is 0 Å². The smallest absolute Gasteiger partial charge is 0.813 e. The number of carbonyl (C=O) groups excluding carboxylic acids is 2. The van der Waals surface area contributed by atoms with E-state index < -0.39 is 11.9 Å². The molecule has 0 saturated carbocycles. The van der Waals surface area contributed by atoms with Crippen LogP contribution in [0.5, 0.6) is 0 Å². The Hall–Kier alpha value is 0.926. The Kier molecular flexibility index (Phi) is 19.4. The Bertz CT molecular complexity index is 135. The summed E-state index contributed by atoms with van der Waals surface area (Å²) in [6, 6.07) is 0. The first-order valence-corrected chi connectivity index (χ1v) is 3.52. The minimum atomic E-state index is -0.536. The van der Waals surface area contributed by atoms with E-state index in [4.69, 9.17) is 0 Å². The molecule has 0 amide bonds. The first kappa shape index (κ1) is 19.5. The quantitative estimate of drug-likeness (QED) is 0.173. The summed E-state index contributed by atoms with van der Waals surface area (Å²) in [6.07, 6.45) is -0.290. The molecule has 0 aliphatic heterocycles. The number of hydrogen-bond acceptors (Lipinski definition) is 5. The van der Waals surface area contributed by atoms with E-state index in [1.165, 1.54) is 0 Å². The van der Waals surface area contributed by atoms with Gasteiger partial charge in [-0.1, -0.05) is 0 Å². The first-order chi connectivity index (χ1) is 5.20. The average molecular weight is 232 g/mol. The molecule has 0 aliphatic rings. The zero-order valence-corrected chi connectivity index (χ0v) is 12.2. The van der Waals surface area contributed by atoms with Crippen LogP contribution in [0.1, 0.15) is 20.3 Å². The maximum atomic E-state index is 10.6. The topological polar surface area (TPSA) is 52.6 Å². The van der Waals surface area contributed by atoms with Crippen molar-refractivity contribution in [3.8, 4) is 0 Å². The van der Waals surface area contributed by atoms with Gasteiger partial charge in [-0.3, -0.25) is 9.59 Å². The van der Waals surface area contributed by atoms with Crippen LogP contribution in [0.3, 0.4) is 0 Å². The molecule has 0 aromatic carbocycles. The van der Waals surface area contributed by atoms with Crippen LogP contribution >= 0.6 is 0 Å². The van der Waals surface area contributed by atoms with Gasteiger partial charge in [-0.05, 0) is 13.8 Å². The zero-order valence-electron chi connectivity index (χ0n) is 8.20. The summed E-state index contributed by atoms with van der Waals surface area (Å²) in [5.41, 5.74) is 0. The van der Waals surface area contributed by atoms with Gasteiger partial charge in [0, 0.05) is 0 Å². The number of esters is 2. The molecule has 0 unspecified atom stereocenters. The van der Waals surface area contributed by atoms with E-state index >= 15 is 0 Å². The maximum Gasteiger partial charge on any atom is 1.00 e. The number of rotatable bonds is 4. The number of thiol groups is 1. The summed E-state index contributed by atoms with van der Waals surface area (Å²) in [6.45, 7) is 3.95. The van der Waals surface area contributed by atoms with Crippen molar-refractivity contribution in [3.63, 3.8) is 0 Å². The Labute approximate surface area is 128 Å². The van der Waals surface area contributed by atoms with E-state index in [2.05, 4.69) is 9.47 Å². The van der Waals surface area contributed by atoms with Crippen molar-refractivity contribution in [1.82, 2.24) is 0 Å². The largest absolute Gasteiger partial charge is 1.00 e. The molecule has 0 aromatic heterocycles. The van der Waals surface area contributed by atoms with Crippen LogP contribution < -0.4 is 51.4 Å². The monoisotopic (exact) mass is 232 g/mol. The number of ether oxygens (including phenoxy) is 2. The van der Waals surface area contributed by atoms with Crippen molar-refractivity contribution in [1.29, 1.82) is 0 Å². The minimum absolute atomic E-state index is 0. The van der Waals surface area contributed by atoms with Crippen molar-refractivity contribution >= 4 is 25.4 Å². The minimum Gasteiger partial charge on any atom is -0.813 e. The molecule has 0 heterocycles. The van der Waals surface area contributed by atoms with Gasteiger partial charge in [-0.25, -0.2) is 0 Å². The Morgan fingerprint density at radius 2 is 1.31 bits per heavy atom. The predicted octanol–water partition coefficient (Wildman–Crippen LogP) is -2.76. The molecular weight excluding hydrogens is 219 g/mol. The van der Waals surface area contributed by atoms with Gasteiger partial charge < -0.3 is 23.0 Å². The number of carbonyl (C=O) groups is 2. The third-order valence-electron chi connectivity index (χ3n) is 0.899. The van der Waals surface area contributed by atoms with Gasteiger partial charge in [0.05, 0.1) is 13.2 Å². The van der Waals surface area contributed by atoms with E-state index in [0.717, 1.165) is 0 Å². The molecule has 0 atom stereocenters. The van der Waals surface area contributed by atoms with E-state index in [1.54, 1.807) is 13.8 Å². The molecule has 4 nitrogen and oxygen atoms in total. The molecule has 0 saturated heterocycles. The fourth-order valence-electron chi connectivity index (χ4n) is 0.542. The molecule has 0 fully saturated rings. The molecule has 0 radical (unpaired) electrons. The average Bonchev–Trinajstić information content (AvgIpc) is 1.87. The molecule has 0 N–H and O–H groups in total. The Balaban J connectivity index is -0.000000500. The molecular formula is C7H13KO4S. The first-order valence-electron chi connectivity index (χ1n) is 3.52. The molecule has 6 heteroatoms. The van der Waals surface area contributed by atoms with Gasteiger partial charge in [-0.15, -0.1) is 0 Å². The van der Waals surface area contributed by atoms with Gasteiger partial charge in [0.15, 0.2) is 0 Å². The summed E-state index contributed by atoms with van der Waals surface area (Å²) in [5.74, 6) is -1.07. The van der Waals surface area contributed by atoms with Crippen LogP contribution in [0, 0.1) is 0 Å². The van der Waals surface area contributed by atoms with Crippen molar-refractivity contribution in [2.75, 3.05) is 13.2 Å². The van der Waals surface area contributed by atoms with Crippen molar-refractivity contribution in [2.24, 2.45) is 0 Å². The standard InChI is InChI=1S/C7H12O4.K.H2S/c1-3-10-6(8)5-7(9)11-4-2;;/h3-5H2,1-2H3;;1H2/q;+1;/p-1. The molecule has 72 valence electrons. The van der Waals surface area contributed by atoms with Crippen LogP contribution in [0.2, 0.25) is 0 Å². The van der Waals surface area contributed by atoms with Gasteiger partial charge >= 0.3 is 63.3 Å². The predicted molar refractivity (Wildman–Crippen MR) is 46.6 cm³/mol. The van der Waals surface area contributed by atoms with E-state index in [0.29, 0.717) is 0 Å². The van der Waals surface area contributed by atoms with Crippen LogP contribution in [0.25, 0.3) is 0 Å². The fourth-order valence-corrected chi connectivity index (χ4v) is 0.542. The fraction of sp³-hybridized carbons (Fsp3) is 0.714. The molecule has 0 aliphatic carbocycles. The van der Waals surface area contributed by atoms with Crippen molar-refractivity contribution < 1.29 is 70.4 Å². The van der Waals surface area contributed by atoms with Gasteiger partial charge in [-0.2, -0.15) is 0 Å². The summed E-state index contributed by atoms with van der Waals surface area (Å²) in [7, 11) is 0. The Morgan fingerprint density at radius 1 is 1.00 bits per heavy atom. The van der Waals surface area contributed by atoms with Gasteiger partial charge in [0.2, 0.25) is 0 Å². The maximum absolute atomic E-state index is 10.6. The summed E-state index contributed by atoms with van der Waals surface area (Å²) < 4.78 is 9.04. The second-order valence-electron chi connectivity index (χ2n) is 1.79. The molecule has 0 spiro atoms. The van der Waals surface area contributed by atoms with Crippen LogP contribution in [0.15, 0.2) is 0 Å². The molecule has 0 rings (SSSR count). The third-order valence-corrected chi connectivity index (χ3v) is 0.899. The molecule has 0 bridgehead atoms. The molecule has 13 heavy (non-hydrogen) atoms. The van der Waals surface area contributed by atoms with E-state index in [-0.39, 0.29) is 84.5 Å². The molecule has 0 aromatic rings. The SMILES string of the molecule is CCOC(=O)CC(=O)OCC.[K+].[SH-].